The average molecular weight is 206 g/mol. The van der Waals surface area contributed by atoms with E-state index in [1.807, 2.05) is 35.2 Å². The fourth-order valence-electron chi connectivity index (χ4n) is 2.05. The molecular weight excluding hydrogens is 192 g/mol. The Kier molecular flexibility index (Phi) is 2.97. The maximum atomic E-state index is 10.8. The number of hydrogen-bond acceptors (Lipinski definition) is 3. The number of rotatable bonds is 3. The first-order valence-corrected chi connectivity index (χ1v) is 5.19. The monoisotopic (exact) mass is 206 g/mol. The van der Waals surface area contributed by atoms with Crippen molar-refractivity contribution in [1.29, 1.82) is 0 Å². The zero-order valence-electron chi connectivity index (χ0n) is 8.50. The Morgan fingerprint density at radius 3 is 2.80 bits per heavy atom. The second-order valence-corrected chi connectivity index (χ2v) is 3.86. The van der Waals surface area contributed by atoms with E-state index < -0.39 is 6.17 Å². The molecule has 0 aromatic heterocycles. The van der Waals surface area contributed by atoms with E-state index in [0.717, 1.165) is 18.5 Å². The number of hydrogen-bond donors (Lipinski definition) is 0. The highest BCUT2D eigenvalue weighted by molar-refractivity contribution is 5.14. The van der Waals surface area contributed by atoms with Crippen LogP contribution in [0.2, 0.25) is 0 Å². The first-order valence-electron chi connectivity index (χ1n) is 5.19. The van der Waals surface area contributed by atoms with Crippen LogP contribution in [-0.4, -0.2) is 22.5 Å². The minimum atomic E-state index is -0.481. The first-order chi connectivity index (χ1) is 7.27. The molecule has 0 N–H and O–H groups in total. The van der Waals surface area contributed by atoms with Gasteiger partial charge >= 0.3 is 0 Å². The maximum Gasteiger partial charge on any atom is 0.268 e. The Morgan fingerprint density at radius 1 is 1.40 bits per heavy atom. The fraction of sp³-hybridized carbons (Fsp3) is 0.455. The van der Waals surface area contributed by atoms with Crippen LogP contribution in [0.3, 0.4) is 0 Å². The number of benzene rings is 1. The van der Waals surface area contributed by atoms with Crippen LogP contribution in [0.4, 0.5) is 0 Å². The van der Waals surface area contributed by atoms with Crippen molar-refractivity contribution >= 4 is 0 Å². The molecule has 0 aliphatic carbocycles. The molecule has 1 atom stereocenters. The molecule has 1 saturated heterocycles. The lowest BCUT2D eigenvalue weighted by Crippen LogP contribution is -2.34. The van der Waals surface area contributed by atoms with Crippen LogP contribution >= 0.6 is 0 Å². The third-order valence-electron chi connectivity index (χ3n) is 2.80. The molecule has 0 spiro atoms. The van der Waals surface area contributed by atoms with Crippen LogP contribution in [0.5, 0.6) is 0 Å². The average Bonchev–Trinajstić information content (AvgIpc) is 2.67. The number of nitro groups is 1. The van der Waals surface area contributed by atoms with Gasteiger partial charge in [-0.15, -0.1) is 0 Å². The predicted octanol–water partition coefficient (Wildman–Crippen LogP) is 1.89. The quantitative estimate of drug-likeness (QED) is 0.560. The normalized spacial score (nSPS) is 21.7. The Hall–Kier alpha value is -1.42. The lowest BCUT2D eigenvalue weighted by Gasteiger charge is -2.17. The van der Waals surface area contributed by atoms with Gasteiger partial charge in [-0.1, -0.05) is 30.3 Å². The van der Waals surface area contributed by atoms with Gasteiger partial charge in [0.25, 0.3) is 6.17 Å². The Bertz CT molecular complexity index is 340. The van der Waals surface area contributed by atoms with Gasteiger partial charge < -0.3 is 0 Å². The maximum absolute atomic E-state index is 10.8. The highest BCUT2D eigenvalue weighted by atomic mass is 16.6. The van der Waals surface area contributed by atoms with E-state index in [1.165, 1.54) is 0 Å². The Labute approximate surface area is 88.7 Å². The zero-order valence-corrected chi connectivity index (χ0v) is 8.50. The van der Waals surface area contributed by atoms with E-state index in [2.05, 4.69) is 0 Å². The van der Waals surface area contributed by atoms with Gasteiger partial charge in [0, 0.05) is 24.4 Å². The summed E-state index contributed by atoms with van der Waals surface area (Å²) < 4.78 is 0. The molecule has 0 saturated carbocycles. The van der Waals surface area contributed by atoms with Gasteiger partial charge in [0.05, 0.1) is 0 Å². The molecule has 1 aliphatic heterocycles. The van der Waals surface area contributed by atoms with Crippen molar-refractivity contribution in [2.24, 2.45) is 0 Å². The summed E-state index contributed by atoms with van der Waals surface area (Å²) in [5, 5.41) is 10.8. The molecule has 80 valence electrons. The summed E-state index contributed by atoms with van der Waals surface area (Å²) in [7, 11) is 0. The molecule has 1 aliphatic rings. The van der Waals surface area contributed by atoms with Crippen molar-refractivity contribution in [3.05, 3.63) is 46.0 Å². The second-order valence-electron chi connectivity index (χ2n) is 3.86. The lowest BCUT2D eigenvalue weighted by molar-refractivity contribution is -0.546. The van der Waals surface area contributed by atoms with Crippen molar-refractivity contribution in [2.45, 2.75) is 25.6 Å². The standard InChI is InChI=1S/C11H14N2O2/c14-13(15)11-7-4-8-12(11)9-10-5-2-1-3-6-10/h1-3,5-6,11H,4,7-9H2. The van der Waals surface area contributed by atoms with E-state index in [0.29, 0.717) is 13.0 Å². The van der Waals surface area contributed by atoms with Gasteiger partial charge in [-0.2, -0.15) is 0 Å². The van der Waals surface area contributed by atoms with Crippen LogP contribution in [-0.2, 0) is 6.54 Å². The highest BCUT2D eigenvalue weighted by Crippen LogP contribution is 2.19. The van der Waals surface area contributed by atoms with Gasteiger partial charge in [-0.3, -0.25) is 10.1 Å². The summed E-state index contributed by atoms with van der Waals surface area (Å²) in [6.45, 7) is 1.52. The van der Waals surface area contributed by atoms with Crippen molar-refractivity contribution < 1.29 is 4.92 Å². The number of nitrogens with zero attached hydrogens (tertiary/aromatic N) is 2. The van der Waals surface area contributed by atoms with E-state index in [9.17, 15) is 10.1 Å². The van der Waals surface area contributed by atoms with Crippen LogP contribution in [0.15, 0.2) is 30.3 Å². The molecule has 1 unspecified atom stereocenters. The molecule has 4 heteroatoms. The third kappa shape index (κ3) is 2.33. The first kappa shape index (κ1) is 10.1. The third-order valence-corrected chi connectivity index (χ3v) is 2.80. The van der Waals surface area contributed by atoms with Gasteiger partial charge in [0.2, 0.25) is 0 Å². The van der Waals surface area contributed by atoms with E-state index in [-0.39, 0.29) is 4.92 Å². The summed E-state index contributed by atoms with van der Waals surface area (Å²) >= 11 is 0. The summed E-state index contributed by atoms with van der Waals surface area (Å²) in [5.74, 6) is 0. The molecule has 1 aromatic carbocycles. The van der Waals surface area contributed by atoms with Crippen molar-refractivity contribution in [3.63, 3.8) is 0 Å². The topological polar surface area (TPSA) is 46.4 Å². The summed E-state index contributed by atoms with van der Waals surface area (Å²) in [6.07, 6.45) is 1.13. The van der Waals surface area contributed by atoms with Crippen molar-refractivity contribution in [3.8, 4) is 0 Å². The smallest absolute Gasteiger partial charge is 0.263 e. The zero-order chi connectivity index (χ0) is 10.7. The van der Waals surface area contributed by atoms with E-state index in [4.69, 9.17) is 0 Å². The van der Waals surface area contributed by atoms with Crippen LogP contribution in [0.25, 0.3) is 0 Å². The molecule has 1 fully saturated rings. The SMILES string of the molecule is O=[N+]([O-])C1CCCN1Cc1ccccc1. The summed E-state index contributed by atoms with van der Waals surface area (Å²) in [6, 6.07) is 9.91. The Balaban J connectivity index is 2.03. The second kappa shape index (κ2) is 4.40. The molecule has 4 nitrogen and oxygen atoms in total. The molecular formula is C11H14N2O2. The van der Waals surface area contributed by atoms with Gasteiger partial charge in [0.1, 0.15) is 0 Å². The molecule has 0 bridgehead atoms. The molecule has 0 radical (unpaired) electrons. The minimum Gasteiger partial charge on any atom is -0.263 e. The highest BCUT2D eigenvalue weighted by Gasteiger charge is 2.33. The van der Waals surface area contributed by atoms with Crippen molar-refractivity contribution in [1.82, 2.24) is 4.90 Å². The van der Waals surface area contributed by atoms with E-state index in [1.54, 1.807) is 0 Å². The Morgan fingerprint density at radius 2 is 2.13 bits per heavy atom. The minimum absolute atomic E-state index is 0.171. The van der Waals surface area contributed by atoms with Crippen molar-refractivity contribution in [2.75, 3.05) is 6.54 Å². The van der Waals surface area contributed by atoms with Crippen LogP contribution in [0.1, 0.15) is 18.4 Å². The molecule has 15 heavy (non-hydrogen) atoms. The molecule has 1 heterocycles. The van der Waals surface area contributed by atoms with Gasteiger partial charge in [0.15, 0.2) is 0 Å². The van der Waals surface area contributed by atoms with Gasteiger partial charge in [-0.05, 0) is 12.0 Å². The molecule has 2 rings (SSSR count). The largest absolute Gasteiger partial charge is 0.268 e. The van der Waals surface area contributed by atoms with Gasteiger partial charge in [-0.25, -0.2) is 4.90 Å². The fourth-order valence-corrected chi connectivity index (χ4v) is 2.05. The number of likely N-dealkylation sites (tertiary alicyclic amines) is 1. The summed E-state index contributed by atoms with van der Waals surface area (Å²) in [5.41, 5.74) is 1.14. The van der Waals surface area contributed by atoms with E-state index >= 15 is 0 Å². The van der Waals surface area contributed by atoms with Crippen LogP contribution < -0.4 is 0 Å². The summed E-state index contributed by atoms with van der Waals surface area (Å²) in [4.78, 5) is 12.5. The van der Waals surface area contributed by atoms with Crippen LogP contribution in [0, 0.1) is 10.1 Å². The molecule has 0 amide bonds. The molecule has 1 aromatic rings. The lowest BCUT2D eigenvalue weighted by atomic mass is 10.2. The predicted molar refractivity (Wildman–Crippen MR) is 56.9 cm³/mol.